The molecule has 0 unspecified atom stereocenters. The fraction of sp³-hybridized carbons (Fsp3) is 0.333. The van der Waals surface area contributed by atoms with Crippen LogP contribution in [0.5, 0.6) is 0 Å². The molecule has 0 spiro atoms. The Morgan fingerprint density at radius 2 is 2.00 bits per heavy atom. The number of aliphatic hydroxyl groups is 1. The maximum absolute atomic E-state index is 12.2. The molecule has 0 saturated heterocycles. The zero-order chi connectivity index (χ0) is 15.6. The van der Waals surface area contributed by atoms with Crippen LogP contribution in [0.15, 0.2) is 30.5 Å². The average molecular weight is 308 g/mol. The minimum atomic E-state index is -0.675. The lowest BCUT2D eigenvalue weighted by Gasteiger charge is -2.23. The third-order valence-corrected chi connectivity index (χ3v) is 3.33. The topological polar surface area (TPSA) is 67.2 Å². The first-order chi connectivity index (χ1) is 9.82. The van der Waals surface area contributed by atoms with Crippen LogP contribution in [0.3, 0.4) is 0 Å². The summed E-state index contributed by atoms with van der Waals surface area (Å²) in [5, 5.41) is 17.0. The van der Waals surface area contributed by atoms with Crippen molar-refractivity contribution in [2.75, 3.05) is 6.61 Å². The molecule has 0 saturated carbocycles. The van der Waals surface area contributed by atoms with Gasteiger partial charge in [-0.2, -0.15) is 5.10 Å². The summed E-state index contributed by atoms with van der Waals surface area (Å²) in [5.41, 5.74) is 1.25. The number of nitrogens with one attached hydrogen (secondary N) is 1. The zero-order valence-corrected chi connectivity index (χ0v) is 13.0. The monoisotopic (exact) mass is 307 g/mol. The number of carbonyl (C=O) groups excluding carboxylic acids is 1. The molecule has 0 atom stereocenters. The lowest BCUT2D eigenvalue weighted by molar-refractivity contribution is 0.0868. The Morgan fingerprint density at radius 1 is 1.38 bits per heavy atom. The lowest BCUT2D eigenvalue weighted by Crippen LogP contribution is -2.46. The summed E-state index contributed by atoms with van der Waals surface area (Å²) < 4.78 is 1.63. The van der Waals surface area contributed by atoms with Crippen LogP contribution in [0.1, 0.15) is 29.9 Å². The first-order valence-electron chi connectivity index (χ1n) is 6.58. The van der Waals surface area contributed by atoms with E-state index in [2.05, 4.69) is 10.4 Å². The minimum Gasteiger partial charge on any atom is -0.394 e. The van der Waals surface area contributed by atoms with E-state index in [4.69, 9.17) is 11.6 Å². The van der Waals surface area contributed by atoms with Crippen LogP contribution in [0.2, 0.25) is 5.02 Å². The molecule has 6 heteroatoms. The third-order valence-electron chi connectivity index (χ3n) is 3.08. The van der Waals surface area contributed by atoms with Gasteiger partial charge in [0.05, 0.1) is 29.1 Å². The lowest BCUT2D eigenvalue weighted by atomic mass is 10.1. The molecule has 1 heterocycles. The number of nitrogens with zero attached hydrogens (tertiary/aromatic N) is 2. The molecule has 0 aliphatic heterocycles. The number of benzene rings is 1. The van der Waals surface area contributed by atoms with E-state index in [0.29, 0.717) is 16.3 Å². The molecule has 2 N–H and O–H groups in total. The maximum atomic E-state index is 12.2. The summed E-state index contributed by atoms with van der Waals surface area (Å²) in [4.78, 5) is 12.2. The van der Waals surface area contributed by atoms with Crippen molar-refractivity contribution in [3.05, 3.63) is 46.7 Å². The highest BCUT2D eigenvalue weighted by molar-refractivity contribution is 6.30. The van der Waals surface area contributed by atoms with E-state index in [0.717, 1.165) is 5.69 Å². The van der Waals surface area contributed by atoms with E-state index in [1.54, 1.807) is 43.8 Å². The van der Waals surface area contributed by atoms with Crippen molar-refractivity contribution in [2.45, 2.75) is 26.3 Å². The number of aliphatic hydroxyl groups excluding tert-OH is 1. The first-order valence-corrected chi connectivity index (χ1v) is 6.96. The van der Waals surface area contributed by atoms with Crippen molar-refractivity contribution >= 4 is 17.5 Å². The Bertz CT molecular complexity index is 647. The van der Waals surface area contributed by atoms with E-state index in [1.807, 2.05) is 12.1 Å². The Balaban J connectivity index is 2.27. The highest BCUT2D eigenvalue weighted by Crippen LogP contribution is 2.16. The summed E-state index contributed by atoms with van der Waals surface area (Å²) in [5.74, 6) is -0.258. The molecule has 0 radical (unpaired) electrons. The van der Waals surface area contributed by atoms with Crippen LogP contribution in [-0.2, 0) is 0 Å². The molecule has 1 aromatic heterocycles. The number of rotatable bonds is 4. The number of aryl methyl sites for hydroxylation is 1. The van der Waals surface area contributed by atoms with Crippen LogP contribution >= 0.6 is 11.6 Å². The molecule has 21 heavy (non-hydrogen) atoms. The Labute approximate surface area is 128 Å². The highest BCUT2D eigenvalue weighted by Gasteiger charge is 2.22. The smallest absolute Gasteiger partial charge is 0.255 e. The Morgan fingerprint density at radius 3 is 2.57 bits per heavy atom. The van der Waals surface area contributed by atoms with Crippen molar-refractivity contribution in [1.82, 2.24) is 15.1 Å². The number of halogens is 1. The summed E-state index contributed by atoms with van der Waals surface area (Å²) >= 11 is 5.86. The minimum absolute atomic E-state index is 0.136. The van der Waals surface area contributed by atoms with E-state index < -0.39 is 5.54 Å². The Hall–Kier alpha value is -1.85. The molecule has 2 aromatic rings. The summed E-state index contributed by atoms with van der Waals surface area (Å²) in [6.45, 7) is 5.14. The van der Waals surface area contributed by atoms with E-state index >= 15 is 0 Å². The average Bonchev–Trinajstić information content (AvgIpc) is 2.81. The summed E-state index contributed by atoms with van der Waals surface area (Å²) in [6, 6.07) is 7.19. The number of carbonyl (C=O) groups is 1. The molecular formula is C15H18ClN3O2. The van der Waals surface area contributed by atoms with Crippen molar-refractivity contribution < 1.29 is 9.90 Å². The van der Waals surface area contributed by atoms with E-state index in [1.165, 1.54) is 0 Å². The van der Waals surface area contributed by atoms with Gasteiger partial charge in [-0.1, -0.05) is 11.6 Å². The molecule has 1 amide bonds. The fourth-order valence-corrected chi connectivity index (χ4v) is 1.95. The second kappa shape index (κ2) is 5.87. The molecule has 0 aliphatic rings. The third kappa shape index (κ3) is 3.62. The standard InChI is InChI=1S/C15H18ClN3O2/c1-10-13(14(21)17-15(2,3)9-20)8-19(18-10)12-6-4-11(16)5-7-12/h4-8,20H,9H2,1-3H3,(H,17,21). The van der Waals surface area contributed by atoms with Crippen LogP contribution in [0.25, 0.3) is 5.69 Å². The summed E-state index contributed by atoms with van der Waals surface area (Å²) in [7, 11) is 0. The van der Waals surface area contributed by atoms with Crippen molar-refractivity contribution in [2.24, 2.45) is 0 Å². The Kier molecular flexibility index (Phi) is 4.34. The molecule has 0 fully saturated rings. The SMILES string of the molecule is Cc1nn(-c2ccc(Cl)cc2)cc1C(=O)NC(C)(C)CO. The largest absolute Gasteiger partial charge is 0.394 e. The van der Waals surface area contributed by atoms with Gasteiger partial charge in [0.2, 0.25) is 0 Å². The van der Waals surface area contributed by atoms with Gasteiger partial charge in [0.15, 0.2) is 0 Å². The molecular weight excluding hydrogens is 290 g/mol. The van der Waals surface area contributed by atoms with Gasteiger partial charge < -0.3 is 10.4 Å². The van der Waals surface area contributed by atoms with Crippen LogP contribution in [0, 0.1) is 6.92 Å². The van der Waals surface area contributed by atoms with E-state index in [9.17, 15) is 9.90 Å². The predicted octanol–water partition coefficient (Wildman–Crippen LogP) is 2.33. The second-order valence-corrected chi connectivity index (χ2v) is 5.98. The molecule has 0 bridgehead atoms. The molecule has 112 valence electrons. The van der Waals surface area contributed by atoms with Gasteiger partial charge in [-0.05, 0) is 45.0 Å². The van der Waals surface area contributed by atoms with Crippen LogP contribution < -0.4 is 5.32 Å². The van der Waals surface area contributed by atoms with Crippen molar-refractivity contribution in [1.29, 1.82) is 0 Å². The van der Waals surface area contributed by atoms with Crippen LogP contribution in [0.4, 0.5) is 0 Å². The number of aromatic nitrogens is 2. The van der Waals surface area contributed by atoms with Gasteiger partial charge in [0.1, 0.15) is 0 Å². The van der Waals surface area contributed by atoms with E-state index in [-0.39, 0.29) is 12.5 Å². The molecule has 0 aliphatic carbocycles. The normalized spacial score (nSPS) is 11.5. The highest BCUT2D eigenvalue weighted by atomic mass is 35.5. The quantitative estimate of drug-likeness (QED) is 0.911. The summed E-state index contributed by atoms with van der Waals surface area (Å²) in [6.07, 6.45) is 1.67. The molecule has 5 nitrogen and oxygen atoms in total. The van der Waals surface area contributed by atoms with Gasteiger partial charge >= 0.3 is 0 Å². The predicted molar refractivity (Wildman–Crippen MR) is 81.9 cm³/mol. The second-order valence-electron chi connectivity index (χ2n) is 5.55. The van der Waals surface area contributed by atoms with Gasteiger partial charge in [0.25, 0.3) is 5.91 Å². The first kappa shape index (κ1) is 15.5. The zero-order valence-electron chi connectivity index (χ0n) is 12.2. The number of hydrogen-bond acceptors (Lipinski definition) is 3. The molecule has 1 aromatic carbocycles. The van der Waals surface area contributed by atoms with Gasteiger partial charge in [0, 0.05) is 11.2 Å². The molecule has 2 rings (SSSR count). The van der Waals surface area contributed by atoms with Gasteiger partial charge in [-0.3, -0.25) is 4.79 Å². The van der Waals surface area contributed by atoms with Gasteiger partial charge in [-0.15, -0.1) is 0 Å². The van der Waals surface area contributed by atoms with Gasteiger partial charge in [-0.25, -0.2) is 4.68 Å². The number of hydrogen-bond donors (Lipinski definition) is 2. The maximum Gasteiger partial charge on any atom is 0.255 e. The van der Waals surface area contributed by atoms with Crippen molar-refractivity contribution in [3.8, 4) is 5.69 Å². The fourth-order valence-electron chi connectivity index (χ4n) is 1.82. The van der Waals surface area contributed by atoms with Crippen LogP contribution in [-0.4, -0.2) is 32.9 Å². The van der Waals surface area contributed by atoms with Crippen molar-refractivity contribution in [3.63, 3.8) is 0 Å². The number of amides is 1.